The maximum Gasteiger partial charge on any atom is 0.280 e. The molecule has 1 unspecified atom stereocenters. The molecule has 0 amide bonds. The molecule has 0 saturated heterocycles. The Labute approximate surface area is 163 Å². The summed E-state index contributed by atoms with van der Waals surface area (Å²) in [5.41, 5.74) is 6.13. The van der Waals surface area contributed by atoms with Crippen LogP contribution in [-0.2, 0) is 16.1 Å². The molecule has 0 aromatic carbocycles. The molecule has 0 spiro atoms. The number of aromatic amines is 1. The van der Waals surface area contributed by atoms with Gasteiger partial charge in [0, 0.05) is 19.4 Å². The fraction of sp³-hybridized carbons (Fsp3) is 0.650. The van der Waals surface area contributed by atoms with E-state index in [1.807, 2.05) is 4.57 Å². The number of nitrogens with one attached hydrogen (secondary N) is 1. The van der Waals surface area contributed by atoms with Gasteiger partial charge in [0.2, 0.25) is 5.95 Å². The lowest BCUT2D eigenvalue weighted by Gasteiger charge is -2.19. The number of imidazole rings is 1. The molecule has 0 aliphatic heterocycles. The first-order chi connectivity index (χ1) is 13.6. The molecule has 2 aromatic rings. The van der Waals surface area contributed by atoms with Gasteiger partial charge in [-0.05, 0) is 25.7 Å². The minimum atomic E-state index is -0.314. The van der Waals surface area contributed by atoms with Crippen LogP contribution in [0.4, 0.5) is 5.95 Å². The van der Waals surface area contributed by atoms with Crippen LogP contribution in [0.25, 0.3) is 11.2 Å². The van der Waals surface area contributed by atoms with Crippen LogP contribution in [0.2, 0.25) is 0 Å². The lowest BCUT2D eigenvalue weighted by molar-refractivity contribution is -0.134. The first kappa shape index (κ1) is 20.2. The number of aromatic nitrogens is 4. The molecule has 28 heavy (non-hydrogen) atoms. The first-order valence-corrected chi connectivity index (χ1v) is 10.3. The number of hydrogen-bond donors (Lipinski definition) is 2. The van der Waals surface area contributed by atoms with Crippen LogP contribution in [-0.4, -0.2) is 31.1 Å². The zero-order valence-corrected chi connectivity index (χ0v) is 16.3. The van der Waals surface area contributed by atoms with Gasteiger partial charge in [-0.1, -0.05) is 32.1 Å². The molecule has 2 aromatic heterocycles. The van der Waals surface area contributed by atoms with Gasteiger partial charge in [0.15, 0.2) is 11.2 Å². The van der Waals surface area contributed by atoms with Crippen molar-refractivity contribution in [1.29, 1.82) is 0 Å². The van der Waals surface area contributed by atoms with Crippen molar-refractivity contribution < 1.29 is 9.59 Å². The van der Waals surface area contributed by atoms with Gasteiger partial charge in [-0.15, -0.1) is 0 Å². The van der Waals surface area contributed by atoms with Crippen molar-refractivity contribution in [1.82, 2.24) is 19.5 Å². The Morgan fingerprint density at radius 1 is 1.14 bits per heavy atom. The molecule has 1 saturated carbocycles. The van der Waals surface area contributed by atoms with Gasteiger partial charge in [-0.3, -0.25) is 19.4 Å². The Kier molecular flexibility index (Phi) is 6.95. The minimum Gasteiger partial charge on any atom is -0.369 e. The lowest BCUT2D eigenvalue weighted by Crippen LogP contribution is -2.27. The van der Waals surface area contributed by atoms with E-state index < -0.39 is 0 Å². The van der Waals surface area contributed by atoms with E-state index in [2.05, 4.69) is 15.0 Å². The average Bonchev–Trinajstić information content (AvgIpc) is 3.07. The summed E-state index contributed by atoms with van der Waals surface area (Å²) in [5, 5.41) is 0. The van der Waals surface area contributed by atoms with E-state index in [0.717, 1.165) is 64.3 Å². The second kappa shape index (κ2) is 9.61. The highest BCUT2D eigenvalue weighted by molar-refractivity contribution is 6.02. The molecule has 8 nitrogen and oxygen atoms in total. The summed E-state index contributed by atoms with van der Waals surface area (Å²) in [4.78, 5) is 46.4. The lowest BCUT2D eigenvalue weighted by atomic mass is 9.83. The largest absolute Gasteiger partial charge is 0.369 e. The molecular weight excluding hydrogens is 358 g/mol. The molecule has 3 rings (SSSR count). The summed E-state index contributed by atoms with van der Waals surface area (Å²) in [6.45, 7) is 0.745. The van der Waals surface area contributed by atoms with Crippen LogP contribution in [0.1, 0.15) is 70.6 Å². The zero-order valence-electron chi connectivity index (χ0n) is 16.3. The number of nitrogen functional groups attached to an aromatic ring is 1. The van der Waals surface area contributed by atoms with Crippen LogP contribution >= 0.6 is 0 Å². The van der Waals surface area contributed by atoms with Crippen molar-refractivity contribution in [3.05, 3.63) is 16.7 Å². The summed E-state index contributed by atoms with van der Waals surface area (Å²) < 4.78 is 1.86. The van der Waals surface area contributed by atoms with E-state index in [0.29, 0.717) is 24.0 Å². The number of hydrogen-bond acceptors (Lipinski definition) is 6. The van der Waals surface area contributed by atoms with Crippen LogP contribution in [0.3, 0.4) is 0 Å². The van der Waals surface area contributed by atoms with Gasteiger partial charge >= 0.3 is 0 Å². The minimum absolute atomic E-state index is 0.101. The monoisotopic (exact) mass is 387 g/mol. The second-order valence-corrected chi connectivity index (χ2v) is 7.66. The first-order valence-electron chi connectivity index (χ1n) is 10.3. The molecule has 8 heteroatoms. The van der Waals surface area contributed by atoms with Crippen molar-refractivity contribution in [2.45, 2.75) is 77.2 Å². The smallest absolute Gasteiger partial charge is 0.280 e. The van der Waals surface area contributed by atoms with Crippen molar-refractivity contribution in [2.75, 3.05) is 5.73 Å². The number of fused-ring (bicyclic) bond motifs is 1. The van der Waals surface area contributed by atoms with E-state index in [-0.39, 0.29) is 29.0 Å². The molecule has 152 valence electrons. The zero-order chi connectivity index (χ0) is 19.9. The molecule has 0 radical (unpaired) electrons. The van der Waals surface area contributed by atoms with Gasteiger partial charge in [0.05, 0.1) is 12.2 Å². The molecule has 1 aliphatic carbocycles. The molecule has 1 atom stereocenters. The van der Waals surface area contributed by atoms with E-state index in [1.165, 1.54) is 0 Å². The van der Waals surface area contributed by atoms with Crippen LogP contribution in [0, 0.1) is 5.92 Å². The standard InChI is InChI=1S/C20H29N5O3/c21-20-23-18-17(19(28)24-20)22-13-25(18)12-8-4-2-1-3-5-10-15(26)14-9-6-7-11-16(14)27/h13-14H,1-12H2,(H3,21,23,24,28). The number of unbranched alkanes of at least 4 members (excludes halogenated alkanes) is 5. The summed E-state index contributed by atoms with van der Waals surface area (Å²) >= 11 is 0. The van der Waals surface area contributed by atoms with E-state index >= 15 is 0 Å². The van der Waals surface area contributed by atoms with E-state index in [4.69, 9.17) is 5.73 Å². The third-order valence-electron chi connectivity index (χ3n) is 5.51. The number of anilines is 1. The van der Waals surface area contributed by atoms with Gasteiger partial charge in [0.25, 0.3) is 5.56 Å². The topological polar surface area (TPSA) is 124 Å². The van der Waals surface area contributed by atoms with Crippen molar-refractivity contribution >= 4 is 28.7 Å². The Hall–Kier alpha value is -2.51. The Morgan fingerprint density at radius 2 is 1.89 bits per heavy atom. The predicted molar refractivity (Wildman–Crippen MR) is 107 cm³/mol. The van der Waals surface area contributed by atoms with Gasteiger partial charge < -0.3 is 10.3 Å². The maximum absolute atomic E-state index is 12.2. The van der Waals surface area contributed by atoms with Gasteiger partial charge in [-0.25, -0.2) is 4.98 Å². The van der Waals surface area contributed by atoms with E-state index in [9.17, 15) is 14.4 Å². The Morgan fingerprint density at radius 3 is 2.68 bits per heavy atom. The van der Waals surface area contributed by atoms with Crippen LogP contribution < -0.4 is 11.3 Å². The average molecular weight is 387 g/mol. The highest BCUT2D eigenvalue weighted by atomic mass is 16.2. The highest BCUT2D eigenvalue weighted by Gasteiger charge is 2.27. The number of aryl methyl sites for hydroxylation is 1. The normalized spacial score (nSPS) is 17.3. The summed E-state index contributed by atoms with van der Waals surface area (Å²) in [6.07, 6.45) is 11.6. The molecule has 3 N–H and O–H groups in total. The third-order valence-corrected chi connectivity index (χ3v) is 5.51. The van der Waals surface area contributed by atoms with Crippen molar-refractivity contribution in [3.63, 3.8) is 0 Å². The molecule has 1 fully saturated rings. The fourth-order valence-electron chi connectivity index (χ4n) is 3.92. The number of carbonyl (C=O) groups excluding carboxylic acids is 2. The number of H-pyrrole nitrogens is 1. The highest BCUT2D eigenvalue weighted by Crippen LogP contribution is 2.23. The van der Waals surface area contributed by atoms with E-state index in [1.54, 1.807) is 6.33 Å². The number of rotatable bonds is 10. The molecule has 0 bridgehead atoms. The van der Waals surface area contributed by atoms with Crippen molar-refractivity contribution in [3.8, 4) is 0 Å². The van der Waals surface area contributed by atoms with Crippen LogP contribution in [0.15, 0.2) is 11.1 Å². The molecule has 1 aliphatic rings. The van der Waals surface area contributed by atoms with Gasteiger partial charge in [-0.2, -0.15) is 4.98 Å². The summed E-state index contributed by atoms with van der Waals surface area (Å²) in [5.74, 6) is 0.0947. The summed E-state index contributed by atoms with van der Waals surface area (Å²) in [6, 6.07) is 0. The van der Waals surface area contributed by atoms with Crippen molar-refractivity contribution in [2.24, 2.45) is 5.92 Å². The quantitative estimate of drug-likeness (QED) is 0.477. The number of Topliss-reactive ketones (excluding diaryl/α,β-unsaturated/α-hetero) is 2. The Balaban J connectivity index is 1.30. The second-order valence-electron chi connectivity index (χ2n) is 7.66. The fourth-order valence-corrected chi connectivity index (χ4v) is 3.92. The Bertz CT molecular complexity index is 886. The number of carbonyl (C=O) groups is 2. The number of nitrogens with zero attached hydrogens (tertiary/aromatic N) is 3. The molecule has 2 heterocycles. The SMILES string of the molecule is Nc1nc2c(ncn2CCCCCCCCC(=O)C2CCCCC2=O)c(=O)[nH]1. The third kappa shape index (κ3) is 5.05. The van der Waals surface area contributed by atoms with Gasteiger partial charge in [0.1, 0.15) is 11.6 Å². The molecular formula is C20H29N5O3. The number of ketones is 2. The van der Waals surface area contributed by atoms with Crippen LogP contribution in [0.5, 0.6) is 0 Å². The predicted octanol–water partition coefficient (Wildman–Crippen LogP) is 2.76. The maximum atomic E-state index is 12.2. The summed E-state index contributed by atoms with van der Waals surface area (Å²) in [7, 11) is 0. The number of nitrogens with two attached hydrogens (primary N) is 1.